The molecule has 1 aliphatic heterocycles. The molecule has 0 unspecified atom stereocenters. The third-order valence-electron chi connectivity index (χ3n) is 4.23. The Bertz CT molecular complexity index is 1080. The molecule has 0 saturated carbocycles. The van der Waals surface area contributed by atoms with Crippen LogP contribution in [0.25, 0.3) is 11.1 Å². The third kappa shape index (κ3) is 3.73. The van der Waals surface area contributed by atoms with E-state index < -0.39 is 6.04 Å². The molecule has 9 heteroatoms. The van der Waals surface area contributed by atoms with Crippen molar-refractivity contribution < 1.29 is 14.0 Å². The van der Waals surface area contributed by atoms with E-state index in [4.69, 9.17) is 28.2 Å². The molecule has 27 heavy (non-hydrogen) atoms. The Kier molecular flexibility index (Phi) is 4.94. The molecule has 4 rings (SSSR count). The molecule has 1 fully saturated rings. The molecule has 0 bridgehead atoms. The summed E-state index contributed by atoms with van der Waals surface area (Å²) in [5.74, 6) is 0.572. The van der Waals surface area contributed by atoms with Gasteiger partial charge in [0.05, 0.1) is 11.4 Å². The minimum absolute atomic E-state index is 0.191. The number of nitrogens with one attached hydrogen (secondary N) is 2. The fourth-order valence-electron chi connectivity index (χ4n) is 2.87. The van der Waals surface area contributed by atoms with E-state index in [0.717, 1.165) is 5.52 Å². The minimum Gasteiger partial charge on any atom is -0.429 e. The highest BCUT2D eigenvalue weighted by Crippen LogP contribution is 2.26. The van der Waals surface area contributed by atoms with Crippen molar-refractivity contribution in [2.24, 2.45) is 0 Å². The van der Waals surface area contributed by atoms with Crippen molar-refractivity contribution in [1.29, 1.82) is 0 Å². The molecule has 2 aromatic carbocycles. The first-order valence-corrected chi connectivity index (χ1v) is 10.0. The van der Waals surface area contributed by atoms with Crippen molar-refractivity contribution in [2.45, 2.75) is 6.04 Å². The molecule has 138 valence electrons. The van der Waals surface area contributed by atoms with Gasteiger partial charge in [-0.1, -0.05) is 11.6 Å². The van der Waals surface area contributed by atoms with Crippen LogP contribution in [0.1, 0.15) is 10.4 Å². The monoisotopic (exact) mass is 419 g/mol. The van der Waals surface area contributed by atoms with E-state index in [1.54, 1.807) is 59.1 Å². The highest BCUT2D eigenvalue weighted by atomic mass is 35.5. The van der Waals surface area contributed by atoms with Crippen molar-refractivity contribution in [2.75, 3.05) is 16.9 Å². The molecule has 0 aliphatic carbocycles. The van der Waals surface area contributed by atoms with Crippen LogP contribution in [0, 0.1) is 4.84 Å². The standard InChI is InChI=1S/C18H14ClN3O3S2/c19-11-3-1-10(2-4-11)17(24)22-9-27-8-14(22)16(23)20-12-5-6-13-15(7-12)25-18(26)21-13/h1-7,14H,8-9H2,(H,20,23)(H,21,26)/t14-/m0/s1. The summed E-state index contributed by atoms with van der Waals surface area (Å²) >= 11 is 12.4. The van der Waals surface area contributed by atoms with Gasteiger partial charge in [0, 0.05) is 28.1 Å². The van der Waals surface area contributed by atoms with Crippen LogP contribution in [0.15, 0.2) is 46.9 Å². The number of benzene rings is 2. The van der Waals surface area contributed by atoms with Crippen LogP contribution in [0.3, 0.4) is 0 Å². The van der Waals surface area contributed by atoms with E-state index in [9.17, 15) is 9.59 Å². The number of oxazole rings is 1. The van der Waals surface area contributed by atoms with Crippen molar-refractivity contribution >= 4 is 64.2 Å². The van der Waals surface area contributed by atoms with Gasteiger partial charge in [0.25, 0.3) is 10.7 Å². The zero-order valence-corrected chi connectivity index (χ0v) is 16.3. The second-order valence-electron chi connectivity index (χ2n) is 6.01. The van der Waals surface area contributed by atoms with Crippen LogP contribution < -0.4 is 5.32 Å². The van der Waals surface area contributed by atoms with Crippen LogP contribution in [0.2, 0.25) is 5.02 Å². The zero-order valence-electron chi connectivity index (χ0n) is 13.9. The summed E-state index contributed by atoms with van der Waals surface area (Å²) in [7, 11) is 0. The molecule has 1 saturated heterocycles. The average molecular weight is 420 g/mol. The summed E-state index contributed by atoms with van der Waals surface area (Å²) < 4.78 is 5.37. The second kappa shape index (κ2) is 7.38. The predicted octanol–water partition coefficient (Wildman–Crippen LogP) is 4.30. The molecule has 0 radical (unpaired) electrons. The van der Waals surface area contributed by atoms with Gasteiger partial charge >= 0.3 is 0 Å². The second-order valence-corrected chi connectivity index (χ2v) is 7.82. The van der Waals surface area contributed by atoms with Gasteiger partial charge in [-0.2, -0.15) is 0 Å². The quantitative estimate of drug-likeness (QED) is 0.619. The Morgan fingerprint density at radius 1 is 1.26 bits per heavy atom. The summed E-state index contributed by atoms with van der Waals surface area (Å²) in [6.07, 6.45) is 0. The Hall–Kier alpha value is -2.29. The first-order chi connectivity index (χ1) is 13.0. The minimum atomic E-state index is -0.549. The smallest absolute Gasteiger partial charge is 0.266 e. The van der Waals surface area contributed by atoms with E-state index in [-0.39, 0.29) is 16.7 Å². The predicted molar refractivity (Wildman–Crippen MR) is 109 cm³/mol. The van der Waals surface area contributed by atoms with E-state index in [1.807, 2.05) is 0 Å². The van der Waals surface area contributed by atoms with Crippen molar-refractivity contribution in [3.63, 3.8) is 0 Å². The Morgan fingerprint density at radius 3 is 2.81 bits per heavy atom. The molecule has 3 aromatic rings. The number of aromatic nitrogens is 1. The number of hydrogen-bond acceptors (Lipinski definition) is 5. The molecule has 1 atom stereocenters. The number of anilines is 1. The average Bonchev–Trinajstić information content (AvgIpc) is 3.27. The molecule has 1 aromatic heterocycles. The summed E-state index contributed by atoms with van der Waals surface area (Å²) in [4.78, 5) is 30.3. The maximum atomic E-state index is 12.8. The lowest BCUT2D eigenvalue weighted by Crippen LogP contribution is -2.44. The van der Waals surface area contributed by atoms with Crippen LogP contribution in [-0.2, 0) is 4.79 Å². The number of thioether (sulfide) groups is 1. The Morgan fingerprint density at radius 2 is 2.04 bits per heavy atom. The summed E-state index contributed by atoms with van der Waals surface area (Å²) in [6.45, 7) is 0. The highest BCUT2D eigenvalue weighted by molar-refractivity contribution is 7.99. The molecule has 0 spiro atoms. The van der Waals surface area contributed by atoms with Gasteiger partial charge < -0.3 is 19.6 Å². The first kappa shape index (κ1) is 18.1. The number of carbonyl (C=O) groups excluding carboxylic acids is 2. The number of H-pyrrole nitrogens is 1. The van der Waals surface area contributed by atoms with Crippen molar-refractivity contribution in [3.8, 4) is 0 Å². The SMILES string of the molecule is O=C(Nc1ccc2[nH]c(=S)oc2c1)[C@@H]1CSCN1C(=O)c1ccc(Cl)cc1. The number of aromatic amines is 1. The van der Waals surface area contributed by atoms with Crippen molar-refractivity contribution in [3.05, 3.63) is 57.9 Å². The fourth-order valence-corrected chi connectivity index (χ4v) is 4.35. The van der Waals surface area contributed by atoms with Crippen molar-refractivity contribution in [1.82, 2.24) is 9.88 Å². The number of amides is 2. The lowest BCUT2D eigenvalue weighted by atomic mass is 10.1. The van der Waals surface area contributed by atoms with E-state index in [1.165, 1.54) is 0 Å². The van der Waals surface area contributed by atoms with E-state index >= 15 is 0 Å². The van der Waals surface area contributed by atoms with Crippen LogP contribution >= 0.6 is 35.6 Å². The molecule has 2 N–H and O–H groups in total. The first-order valence-electron chi connectivity index (χ1n) is 8.09. The number of rotatable bonds is 3. The lowest BCUT2D eigenvalue weighted by molar-refractivity contribution is -0.119. The number of nitrogens with zero attached hydrogens (tertiary/aromatic N) is 1. The number of hydrogen-bond donors (Lipinski definition) is 2. The topological polar surface area (TPSA) is 78.3 Å². The third-order valence-corrected chi connectivity index (χ3v) is 5.68. The maximum absolute atomic E-state index is 12.8. The molecule has 2 amide bonds. The van der Waals surface area contributed by atoms with Gasteiger partial charge in [-0.05, 0) is 48.6 Å². The maximum Gasteiger partial charge on any atom is 0.266 e. The summed E-state index contributed by atoms with van der Waals surface area (Å²) in [6, 6.07) is 11.3. The lowest BCUT2D eigenvalue weighted by Gasteiger charge is -2.23. The summed E-state index contributed by atoms with van der Waals surface area (Å²) in [5, 5.41) is 3.42. The molecule has 1 aliphatic rings. The number of fused-ring (bicyclic) bond motifs is 1. The van der Waals surface area contributed by atoms with Gasteiger partial charge in [-0.25, -0.2) is 0 Å². The molecular weight excluding hydrogens is 406 g/mol. The van der Waals surface area contributed by atoms with Gasteiger partial charge in [-0.15, -0.1) is 11.8 Å². The van der Waals surface area contributed by atoms with Crippen LogP contribution in [0.5, 0.6) is 0 Å². The molecule has 2 heterocycles. The van der Waals surface area contributed by atoms with Gasteiger partial charge in [0.2, 0.25) is 5.91 Å². The summed E-state index contributed by atoms with van der Waals surface area (Å²) in [5.41, 5.74) is 2.41. The zero-order chi connectivity index (χ0) is 19.0. The normalized spacial score (nSPS) is 16.6. The fraction of sp³-hybridized carbons (Fsp3) is 0.167. The van der Waals surface area contributed by atoms with Gasteiger partial charge in [0.15, 0.2) is 5.58 Å². The number of carbonyl (C=O) groups is 2. The van der Waals surface area contributed by atoms with Crippen LogP contribution in [-0.4, -0.2) is 39.4 Å². The Labute approximate surface area is 168 Å². The molecular formula is C18H14ClN3O3S2. The van der Waals surface area contributed by atoms with Crippen LogP contribution in [0.4, 0.5) is 5.69 Å². The van der Waals surface area contributed by atoms with Gasteiger partial charge in [0.1, 0.15) is 6.04 Å². The Balaban J connectivity index is 1.51. The van der Waals surface area contributed by atoms with Gasteiger partial charge in [-0.3, -0.25) is 9.59 Å². The highest BCUT2D eigenvalue weighted by Gasteiger charge is 2.35. The molecule has 6 nitrogen and oxygen atoms in total. The largest absolute Gasteiger partial charge is 0.429 e. The van der Waals surface area contributed by atoms with E-state index in [2.05, 4.69) is 10.3 Å². The number of halogens is 1. The van der Waals surface area contributed by atoms with E-state index in [0.29, 0.717) is 33.5 Å².